The van der Waals surface area contributed by atoms with E-state index in [0.717, 1.165) is 38.9 Å². The van der Waals surface area contributed by atoms with Crippen molar-refractivity contribution in [2.24, 2.45) is 5.41 Å². The summed E-state index contributed by atoms with van der Waals surface area (Å²) in [7, 11) is 0. The quantitative estimate of drug-likeness (QED) is 0.789. The Balaban J connectivity index is 1.68. The molecule has 4 heteroatoms. The Morgan fingerprint density at radius 1 is 1.20 bits per heavy atom. The van der Waals surface area contributed by atoms with Crippen LogP contribution in [-0.2, 0) is 16.1 Å². The van der Waals surface area contributed by atoms with Crippen molar-refractivity contribution in [3.05, 3.63) is 48.0 Å². The molecule has 2 saturated heterocycles. The number of rotatable bonds is 4. The van der Waals surface area contributed by atoms with Crippen LogP contribution in [0.15, 0.2) is 42.5 Å². The molecular weight excluding hydrogens is 312 g/mol. The number of benzene rings is 1. The van der Waals surface area contributed by atoms with Gasteiger partial charge in [0.15, 0.2) is 0 Å². The van der Waals surface area contributed by atoms with Crippen LogP contribution in [0.3, 0.4) is 0 Å². The Labute approximate surface area is 150 Å². The van der Waals surface area contributed by atoms with Gasteiger partial charge in [-0.1, -0.05) is 42.5 Å². The van der Waals surface area contributed by atoms with Crippen LogP contribution < -0.4 is 0 Å². The van der Waals surface area contributed by atoms with Crippen LogP contribution in [-0.4, -0.2) is 41.2 Å². The zero-order valence-corrected chi connectivity index (χ0v) is 15.1. The van der Waals surface area contributed by atoms with Crippen LogP contribution in [0.5, 0.6) is 0 Å². The van der Waals surface area contributed by atoms with Gasteiger partial charge >= 0.3 is 0 Å². The van der Waals surface area contributed by atoms with Crippen molar-refractivity contribution in [1.82, 2.24) is 9.80 Å². The second-order valence-electron chi connectivity index (χ2n) is 7.43. The van der Waals surface area contributed by atoms with Gasteiger partial charge in [-0.25, -0.2) is 0 Å². The van der Waals surface area contributed by atoms with Gasteiger partial charge in [0.05, 0.1) is 0 Å². The van der Waals surface area contributed by atoms with Gasteiger partial charge < -0.3 is 9.80 Å². The summed E-state index contributed by atoms with van der Waals surface area (Å²) < 4.78 is 0. The second-order valence-corrected chi connectivity index (χ2v) is 7.43. The standard InChI is InChI=1S/C21H28N2O2/c1-2-3-10-19(24)22-14-7-12-21(16-22)13-11-20(25)23(17-21)15-18-8-5-4-6-9-18/h2-6,8-9H,7,10-17H2,1H3/b3-2+/t21-/m1/s1. The molecule has 0 unspecified atom stereocenters. The molecule has 2 heterocycles. The maximum Gasteiger partial charge on any atom is 0.226 e. The Morgan fingerprint density at radius 3 is 2.76 bits per heavy atom. The van der Waals surface area contributed by atoms with Gasteiger partial charge in [-0.15, -0.1) is 0 Å². The first-order valence-electron chi connectivity index (χ1n) is 9.32. The van der Waals surface area contributed by atoms with Gasteiger partial charge in [-0.3, -0.25) is 9.59 Å². The molecule has 2 amide bonds. The molecule has 1 spiro atoms. The molecule has 3 rings (SSSR count). The van der Waals surface area contributed by atoms with E-state index in [2.05, 4.69) is 12.1 Å². The van der Waals surface area contributed by atoms with E-state index < -0.39 is 0 Å². The van der Waals surface area contributed by atoms with Crippen LogP contribution in [0.4, 0.5) is 0 Å². The maximum atomic E-state index is 12.4. The zero-order chi connectivity index (χ0) is 17.7. The lowest BCUT2D eigenvalue weighted by Gasteiger charge is -2.48. The molecule has 1 atom stereocenters. The predicted octanol–water partition coefficient (Wildman–Crippen LogP) is 3.38. The third-order valence-electron chi connectivity index (χ3n) is 5.51. The second kappa shape index (κ2) is 7.85. The maximum absolute atomic E-state index is 12.4. The van der Waals surface area contributed by atoms with Gasteiger partial charge in [-0.2, -0.15) is 0 Å². The van der Waals surface area contributed by atoms with Gasteiger partial charge in [0.25, 0.3) is 0 Å². The van der Waals surface area contributed by atoms with Crippen LogP contribution in [0, 0.1) is 5.41 Å². The average molecular weight is 340 g/mol. The monoisotopic (exact) mass is 340 g/mol. The van der Waals surface area contributed by atoms with Crippen LogP contribution >= 0.6 is 0 Å². The first-order valence-corrected chi connectivity index (χ1v) is 9.32. The number of carbonyl (C=O) groups excluding carboxylic acids is 2. The topological polar surface area (TPSA) is 40.6 Å². The molecule has 0 radical (unpaired) electrons. The molecule has 1 aromatic carbocycles. The van der Waals surface area contributed by atoms with Crippen molar-refractivity contribution >= 4 is 11.8 Å². The Kier molecular flexibility index (Phi) is 5.57. The minimum absolute atomic E-state index is 0.0759. The van der Waals surface area contributed by atoms with E-state index in [4.69, 9.17) is 0 Å². The molecule has 134 valence electrons. The Morgan fingerprint density at radius 2 is 2.00 bits per heavy atom. The lowest BCUT2D eigenvalue weighted by Crippen LogP contribution is -2.54. The summed E-state index contributed by atoms with van der Waals surface area (Å²) in [5.41, 5.74) is 1.25. The number of carbonyl (C=O) groups is 2. The molecule has 4 nitrogen and oxygen atoms in total. The van der Waals surface area contributed by atoms with Gasteiger partial charge in [-0.05, 0) is 31.7 Å². The van der Waals surface area contributed by atoms with E-state index in [0.29, 0.717) is 19.4 Å². The van der Waals surface area contributed by atoms with Gasteiger partial charge in [0.2, 0.25) is 11.8 Å². The summed E-state index contributed by atoms with van der Waals surface area (Å²) in [4.78, 5) is 28.8. The summed E-state index contributed by atoms with van der Waals surface area (Å²) in [6.45, 7) is 5.04. The molecule has 0 bridgehead atoms. The van der Waals surface area contributed by atoms with Crippen molar-refractivity contribution in [2.45, 2.75) is 45.6 Å². The van der Waals surface area contributed by atoms with Crippen LogP contribution in [0.25, 0.3) is 0 Å². The number of likely N-dealkylation sites (tertiary alicyclic amines) is 2. The minimum atomic E-state index is 0.0759. The average Bonchev–Trinajstić information content (AvgIpc) is 2.64. The number of piperidine rings is 2. The lowest BCUT2D eigenvalue weighted by molar-refractivity contribution is -0.143. The van der Waals surface area contributed by atoms with Crippen LogP contribution in [0.1, 0.15) is 44.6 Å². The third kappa shape index (κ3) is 4.30. The normalized spacial score (nSPS) is 24.3. The Hall–Kier alpha value is -2.10. The minimum Gasteiger partial charge on any atom is -0.342 e. The van der Waals surface area contributed by atoms with Gasteiger partial charge in [0.1, 0.15) is 0 Å². The highest BCUT2D eigenvalue weighted by Gasteiger charge is 2.42. The fourth-order valence-corrected chi connectivity index (χ4v) is 4.15. The number of hydrogen-bond donors (Lipinski definition) is 0. The smallest absolute Gasteiger partial charge is 0.226 e. The highest BCUT2D eigenvalue weighted by atomic mass is 16.2. The Bertz CT molecular complexity index is 641. The van der Waals surface area contributed by atoms with Crippen molar-refractivity contribution in [2.75, 3.05) is 19.6 Å². The first kappa shape index (κ1) is 17.7. The largest absolute Gasteiger partial charge is 0.342 e. The molecule has 0 aliphatic carbocycles. The summed E-state index contributed by atoms with van der Waals surface area (Å²) >= 11 is 0. The van der Waals surface area contributed by atoms with E-state index in [9.17, 15) is 9.59 Å². The van der Waals surface area contributed by atoms with E-state index >= 15 is 0 Å². The highest BCUT2D eigenvalue weighted by Crippen LogP contribution is 2.39. The number of hydrogen-bond acceptors (Lipinski definition) is 2. The third-order valence-corrected chi connectivity index (χ3v) is 5.51. The van der Waals surface area contributed by atoms with E-state index in [-0.39, 0.29) is 17.2 Å². The summed E-state index contributed by atoms with van der Waals surface area (Å²) in [6, 6.07) is 10.2. The van der Waals surface area contributed by atoms with Crippen molar-refractivity contribution < 1.29 is 9.59 Å². The summed E-state index contributed by atoms with van der Waals surface area (Å²) in [5, 5.41) is 0. The molecule has 0 aromatic heterocycles. The van der Waals surface area contributed by atoms with Crippen molar-refractivity contribution in [3.8, 4) is 0 Å². The van der Waals surface area contributed by atoms with E-state index in [1.165, 1.54) is 5.56 Å². The first-order chi connectivity index (χ1) is 12.1. The van der Waals surface area contributed by atoms with Gasteiger partial charge in [0, 0.05) is 44.4 Å². The highest BCUT2D eigenvalue weighted by molar-refractivity contribution is 5.78. The summed E-state index contributed by atoms with van der Waals surface area (Å²) in [5.74, 6) is 0.454. The SMILES string of the molecule is C/C=C/CC(=O)N1CCC[C@@]2(CCC(=O)N(Cc3ccccc3)C2)C1. The zero-order valence-electron chi connectivity index (χ0n) is 15.1. The molecule has 2 aliphatic heterocycles. The van der Waals surface area contributed by atoms with E-state index in [1.54, 1.807) is 0 Å². The number of allylic oxidation sites excluding steroid dienone is 1. The number of nitrogens with zero attached hydrogens (tertiary/aromatic N) is 2. The summed E-state index contributed by atoms with van der Waals surface area (Å²) in [6.07, 6.45) is 8.00. The molecule has 2 aliphatic rings. The lowest BCUT2D eigenvalue weighted by atomic mass is 9.73. The fourth-order valence-electron chi connectivity index (χ4n) is 4.15. The number of amides is 2. The molecular formula is C21H28N2O2. The van der Waals surface area contributed by atoms with Crippen molar-refractivity contribution in [1.29, 1.82) is 0 Å². The fraction of sp³-hybridized carbons (Fsp3) is 0.524. The predicted molar refractivity (Wildman–Crippen MR) is 98.8 cm³/mol. The van der Waals surface area contributed by atoms with Crippen LogP contribution in [0.2, 0.25) is 0 Å². The van der Waals surface area contributed by atoms with Crippen molar-refractivity contribution in [3.63, 3.8) is 0 Å². The molecule has 2 fully saturated rings. The molecule has 0 saturated carbocycles. The molecule has 1 aromatic rings. The molecule has 0 N–H and O–H groups in total. The van der Waals surface area contributed by atoms with E-state index in [1.807, 2.05) is 47.1 Å². The molecule has 25 heavy (non-hydrogen) atoms.